The molecule has 2 unspecified atom stereocenters. The Morgan fingerprint density at radius 2 is 1.85 bits per heavy atom. The third-order valence-corrected chi connectivity index (χ3v) is 7.23. The first-order valence-electron chi connectivity index (χ1n) is 9.73. The molecule has 0 radical (unpaired) electrons. The molecule has 0 aromatic heterocycles. The van der Waals surface area contributed by atoms with Crippen LogP contribution >= 0.6 is 0 Å². The van der Waals surface area contributed by atoms with Crippen LogP contribution in [0.3, 0.4) is 0 Å². The van der Waals surface area contributed by atoms with E-state index in [2.05, 4.69) is 44.1 Å². The molecular formula is C24H26N2O. The van der Waals surface area contributed by atoms with Crippen molar-refractivity contribution in [3.05, 3.63) is 59.7 Å². The second kappa shape index (κ2) is 6.53. The normalized spacial score (nSPS) is 26.9. The first-order chi connectivity index (χ1) is 13.0. The van der Waals surface area contributed by atoms with Gasteiger partial charge in [-0.2, -0.15) is 5.26 Å². The van der Waals surface area contributed by atoms with Gasteiger partial charge in [0.05, 0.1) is 17.3 Å². The lowest BCUT2D eigenvalue weighted by atomic mass is 9.70. The molecule has 0 spiro atoms. The van der Waals surface area contributed by atoms with Crippen molar-refractivity contribution < 1.29 is 4.84 Å². The maximum atomic E-state index is 9.27. The average molecular weight is 358 g/mol. The lowest BCUT2D eigenvalue weighted by Gasteiger charge is -2.34. The molecule has 2 atom stereocenters. The van der Waals surface area contributed by atoms with Crippen molar-refractivity contribution in [2.24, 2.45) is 21.9 Å². The quantitative estimate of drug-likeness (QED) is 0.635. The summed E-state index contributed by atoms with van der Waals surface area (Å²) in [6, 6.07) is 18.1. The van der Waals surface area contributed by atoms with Crippen LogP contribution in [-0.2, 0) is 11.4 Å². The SMILES string of the molecule is CC12CCC(C/C1=N\OCc1ccc(-c3ccccc3C#N)cc1)C2(C)C. The molecular weight excluding hydrogens is 332 g/mol. The number of hydrogen-bond acceptors (Lipinski definition) is 3. The third kappa shape index (κ3) is 2.84. The molecule has 0 saturated heterocycles. The first-order valence-corrected chi connectivity index (χ1v) is 9.73. The molecule has 2 aliphatic carbocycles. The van der Waals surface area contributed by atoms with Crippen molar-refractivity contribution in [2.75, 3.05) is 0 Å². The molecule has 0 amide bonds. The second-order valence-electron chi connectivity index (χ2n) is 8.66. The van der Waals surface area contributed by atoms with Crippen molar-refractivity contribution in [3.63, 3.8) is 0 Å². The molecule has 3 heteroatoms. The van der Waals surface area contributed by atoms with Gasteiger partial charge in [0.2, 0.25) is 0 Å². The first kappa shape index (κ1) is 17.8. The highest BCUT2D eigenvalue weighted by Crippen LogP contribution is 2.64. The molecule has 2 aliphatic rings. The molecule has 2 saturated carbocycles. The van der Waals surface area contributed by atoms with E-state index in [4.69, 9.17) is 4.84 Å². The molecule has 0 heterocycles. The molecule has 3 nitrogen and oxygen atoms in total. The Morgan fingerprint density at radius 1 is 1.11 bits per heavy atom. The Morgan fingerprint density at radius 3 is 2.48 bits per heavy atom. The fourth-order valence-electron chi connectivity index (χ4n) is 4.86. The van der Waals surface area contributed by atoms with E-state index in [1.165, 1.54) is 18.6 Å². The van der Waals surface area contributed by atoms with E-state index < -0.39 is 0 Å². The predicted octanol–water partition coefficient (Wildman–Crippen LogP) is 5.94. The molecule has 2 fully saturated rings. The van der Waals surface area contributed by atoms with Crippen molar-refractivity contribution in [3.8, 4) is 17.2 Å². The molecule has 138 valence electrons. The van der Waals surface area contributed by atoms with Crippen LogP contribution in [0.25, 0.3) is 11.1 Å². The minimum absolute atomic E-state index is 0.183. The van der Waals surface area contributed by atoms with Crippen LogP contribution in [0.5, 0.6) is 0 Å². The van der Waals surface area contributed by atoms with Crippen LogP contribution < -0.4 is 0 Å². The number of benzene rings is 2. The van der Waals surface area contributed by atoms with Crippen LogP contribution in [0, 0.1) is 28.1 Å². The highest BCUT2D eigenvalue weighted by Gasteiger charge is 2.60. The summed E-state index contributed by atoms with van der Waals surface area (Å²) < 4.78 is 0. The molecule has 27 heavy (non-hydrogen) atoms. The largest absolute Gasteiger partial charge is 0.391 e. The summed E-state index contributed by atoms with van der Waals surface area (Å²) in [5.74, 6) is 0.740. The predicted molar refractivity (Wildman–Crippen MR) is 108 cm³/mol. The summed E-state index contributed by atoms with van der Waals surface area (Å²) in [6.07, 6.45) is 3.61. The maximum absolute atomic E-state index is 9.27. The average Bonchev–Trinajstić information content (AvgIpc) is 3.02. The molecule has 4 rings (SSSR count). The Hall–Kier alpha value is -2.60. The van der Waals surface area contributed by atoms with Gasteiger partial charge in [0.1, 0.15) is 6.61 Å². The van der Waals surface area contributed by atoms with Crippen molar-refractivity contribution in [1.82, 2.24) is 0 Å². The van der Waals surface area contributed by atoms with Gasteiger partial charge in [0, 0.05) is 5.41 Å². The van der Waals surface area contributed by atoms with Gasteiger partial charge in [-0.1, -0.05) is 68.4 Å². The lowest BCUT2D eigenvalue weighted by Crippen LogP contribution is -2.32. The van der Waals surface area contributed by atoms with Crippen molar-refractivity contribution >= 4 is 5.71 Å². The van der Waals surface area contributed by atoms with Gasteiger partial charge in [-0.15, -0.1) is 0 Å². The van der Waals surface area contributed by atoms with Crippen LogP contribution in [0.1, 0.15) is 51.2 Å². The minimum Gasteiger partial charge on any atom is -0.391 e. The highest BCUT2D eigenvalue weighted by molar-refractivity contribution is 5.93. The van der Waals surface area contributed by atoms with E-state index in [1.807, 2.05) is 36.4 Å². The van der Waals surface area contributed by atoms with Crippen molar-refractivity contribution in [2.45, 2.75) is 46.6 Å². The van der Waals surface area contributed by atoms with Crippen LogP contribution in [0.2, 0.25) is 0 Å². The smallest absolute Gasteiger partial charge is 0.142 e. The minimum atomic E-state index is 0.183. The number of nitrogens with zero attached hydrogens (tertiary/aromatic N) is 2. The fraction of sp³-hybridized carbons (Fsp3) is 0.417. The topological polar surface area (TPSA) is 45.4 Å². The van der Waals surface area contributed by atoms with E-state index in [0.29, 0.717) is 17.6 Å². The van der Waals surface area contributed by atoms with Crippen molar-refractivity contribution in [1.29, 1.82) is 5.26 Å². The van der Waals surface area contributed by atoms with Gasteiger partial charge in [0.25, 0.3) is 0 Å². The summed E-state index contributed by atoms with van der Waals surface area (Å²) in [5, 5.41) is 13.8. The lowest BCUT2D eigenvalue weighted by molar-refractivity contribution is 0.123. The molecule has 0 N–H and O–H groups in total. The van der Waals surface area contributed by atoms with E-state index in [-0.39, 0.29) is 5.41 Å². The molecule has 2 aromatic rings. The summed E-state index contributed by atoms with van der Waals surface area (Å²) in [6.45, 7) is 7.59. The number of rotatable bonds is 4. The van der Waals surface area contributed by atoms with Gasteiger partial charge < -0.3 is 4.84 Å². The van der Waals surface area contributed by atoms with Gasteiger partial charge >= 0.3 is 0 Å². The number of oxime groups is 1. The zero-order valence-corrected chi connectivity index (χ0v) is 16.3. The fourth-order valence-corrected chi connectivity index (χ4v) is 4.86. The van der Waals surface area contributed by atoms with Crippen LogP contribution in [0.4, 0.5) is 0 Å². The van der Waals surface area contributed by atoms with Gasteiger partial charge in [-0.3, -0.25) is 0 Å². The molecule has 2 aromatic carbocycles. The monoisotopic (exact) mass is 358 g/mol. The Bertz CT molecular complexity index is 920. The zero-order chi connectivity index (χ0) is 19.1. The van der Waals surface area contributed by atoms with Crippen LogP contribution in [-0.4, -0.2) is 5.71 Å². The van der Waals surface area contributed by atoms with E-state index in [1.54, 1.807) is 0 Å². The molecule has 2 bridgehead atoms. The summed E-state index contributed by atoms with van der Waals surface area (Å²) in [5.41, 5.74) is 5.54. The second-order valence-corrected chi connectivity index (χ2v) is 8.66. The summed E-state index contributed by atoms with van der Waals surface area (Å²) >= 11 is 0. The van der Waals surface area contributed by atoms with Gasteiger partial charge in [-0.25, -0.2) is 0 Å². The van der Waals surface area contributed by atoms with E-state index in [0.717, 1.165) is 29.0 Å². The maximum Gasteiger partial charge on any atom is 0.142 e. The van der Waals surface area contributed by atoms with E-state index >= 15 is 0 Å². The number of nitriles is 1. The standard InChI is InChI=1S/C24H26N2O/c1-23(2)20-12-13-24(23,3)22(14-20)26-27-16-17-8-10-18(11-9-17)21-7-5-4-6-19(21)15-25/h4-11,20H,12-14,16H2,1-3H3/b26-22+. The highest BCUT2D eigenvalue weighted by atomic mass is 16.6. The third-order valence-electron chi connectivity index (χ3n) is 7.23. The Labute approximate surface area is 161 Å². The molecule has 0 aliphatic heterocycles. The van der Waals surface area contributed by atoms with Crippen LogP contribution in [0.15, 0.2) is 53.7 Å². The van der Waals surface area contributed by atoms with Gasteiger partial charge in [0.15, 0.2) is 0 Å². The zero-order valence-electron chi connectivity index (χ0n) is 16.3. The number of hydrogen-bond donors (Lipinski definition) is 0. The Balaban J connectivity index is 1.44. The summed E-state index contributed by atoms with van der Waals surface area (Å²) in [7, 11) is 0. The Kier molecular flexibility index (Phi) is 4.30. The number of fused-ring (bicyclic) bond motifs is 2. The van der Waals surface area contributed by atoms with Gasteiger partial charge in [-0.05, 0) is 53.4 Å². The summed E-state index contributed by atoms with van der Waals surface area (Å²) in [4.78, 5) is 5.74. The van der Waals surface area contributed by atoms with E-state index in [9.17, 15) is 5.26 Å².